The highest BCUT2D eigenvalue weighted by atomic mass is 35.5. The van der Waals surface area contributed by atoms with Gasteiger partial charge in [0.2, 0.25) is 17.8 Å². The zero-order valence-electron chi connectivity index (χ0n) is 15.1. The number of benzene rings is 2. The van der Waals surface area contributed by atoms with Crippen LogP contribution >= 0.6 is 11.6 Å². The van der Waals surface area contributed by atoms with E-state index < -0.39 is 0 Å². The molecule has 2 N–H and O–H groups in total. The van der Waals surface area contributed by atoms with Gasteiger partial charge in [-0.3, -0.25) is 0 Å². The summed E-state index contributed by atoms with van der Waals surface area (Å²) in [5, 5.41) is 7.17. The highest BCUT2D eigenvalue weighted by Crippen LogP contribution is 2.23. The third-order valence-corrected chi connectivity index (χ3v) is 4.64. The lowest BCUT2D eigenvalue weighted by Crippen LogP contribution is -2.21. The van der Waals surface area contributed by atoms with Crippen LogP contribution in [0.1, 0.15) is 18.4 Å². The predicted molar refractivity (Wildman–Crippen MR) is 110 cm³/mol. The van der Waals surface area contributed by atoms with Crippen LogP contribution in [0.25, 0.3) is 0 Å². The number of nitrogens with zero attached hydrogens (tertiary/aromatic N) is 4. The SMILES string of the molecule is Cc1ccc(Nc2nc(Nc3cccc(Cl)c3)nc(N3CCCC3)n2)cc1. The third-order valence-electron chi connectivity index (χ3n) is 4.40. The molecule has 0 spiro atoms. The maximum Gasteiger partial charge on any atom is 0.233 e. The second-order valence-electron chi connectivity index (χ2n) is 6.60. The van der Waals surface area contributed by atoms with E-state index in [-0.39, 0.29) is 0 Å². The Morgan fingerprint density at radius 3 is 2.19 bits per heavy atom. The van der Waals surface area contributed by atoms with Crippen LogP contribution in [-0.2, 0) is 0 Å². The van der Waals surface area contributed by atoms with Gasteiger partial charge in [-0.2, -0.15) is 15.0 Å². The van der Waals surface area contributed by atoms with Crippen molar-refractivity contribution in [2.45, 2.75) is 19.8 Å². The fraction of sp³-hybridized carbons (Fsp3) is 0.250. The molecule has 2 aromatic carbocycles. The van der Waals surface area contributed by atoms with Gasteiger partial charge in [-0.05, 0) is 50.1 Å². The molecule has 0 aliphatic carbocycles. The van der Waals surface area contributed by atoms with E-state index in [4.69, 9.17) is 11.6 Å². The number of halogens is 1. The molecule has 138 valence electrons. The van der Waals surface area contributed by atoms with Gasteiger partial charge in [-0.15, -0.1) is 0 Å². The molecule has 0 saturated carbocycles. The summed E-state index contributed by atoms with van der Waals surface area (Å²) < 4.78 is 0. The molecule has 4 rings (SSSR count). The van der Waals surface area contributed by atoms with E-state index in [0.29, 0.717) is 22.9 Å². The van der Waals surface area contributed by atoms with Crippen molar-refractivity contribution in [2.75, 3.05) is 28.6 Å². The van der Waals surface area contributed by atoms with Crippen LogP contribution in [-0.4, -0.2) is 28.0 Å². The molecule has 27 heavy (non-hydrogen) atoms. The first kappa shape index (κ1) is 17.5. The molecule has 1 aromatic heterocycles. The van der Waals surface area contributed by atoms with Crippen molar-refractivity contribution in [1.82, 2.24) is 15.0 Å². The first-order valence-corrected chi connectivity index (χ1v) is 9.41. The number of nitrogens with one attached hydrogen (secondary N) is 2. The quantitative estimate of drug-likeness (QED) is 0.654. The van der Waals surface area contributed by atoms with E-state index in [1.807, 2.05) is 36.4 Å². The highest BCUT2D eigenvalue weighted by Gasteiger charge is 2.17. The molecule has 1 saturated heterocycles. The van der Waals surface area contributed by atoms with Crippen LogP contribution in [0.2, 0.25) is 5.02 Å². The Morgan fingerprint density at radius 2 is 1.52 bits per heavy atom. The molecule has 0 atom stereocenters. The first-order chi connectivity index (χ1) is 13.2. The number of hydrogen-bond acceptors (Lipinski definition) is 6. The van der Waals surface area contributed by atoms with Gasteiger partial charge in [-0.1, -0.05) is 35.4 Å². The maximum absolute atomic E-state index is 6.08. The Morgan fingerprint density at radius 1 is 0.852 bits per heavy atom. The predicted octanol–water partition coefficient (Wildman–Crippen LogP) is 4.92. The van der Waals surface area contributed by atoms with Gasteiger partial charge in [0.05, 0.1) is 0 Å². The number of aromatic nitrogens is 3. The molecular formula is C20H21ClN6. The van der Waals surface area contributed by atoms with Crippen molar-refractivity contribution in [1.29, 1.82) is 0 Å². The van der Waals surface area contributed by atoms with Crippen molar-refractivity contribution < 1.29 is 0 Å². The minimum absolute atomic E-state index is 0.490. The maximum atomic E-state index is 6.08. The van der Waals surface area contributed by atoms with E-state index in [1.54, 1.807) is 0 Å². The summed E-state index contributed by atoms with van der Waals surface area (Å²) in [4.78, 5) is 15.9. The van der Waals surface area contributed by atoms with Crippen molar-refractivity contribution >= 4 is 40.8 Å². The van der Waals surface area contributed by atoms with E-state index >= 15 is 0 Å². The molecule has 6 nitrogen and oxygen atoms in total. The lowest BCUT2D eigenvalue weighted by molar-refractivity contribution is 0.886. The van der Waals surface area contributed by atoms with Crippen LogP contribution in [0.15, 0.2) is 48.5 Å². The summed E-state index contributed by atoms with van der Waals surface area (Å²) in [5.74, 6) is 1.69. The zero-order chi connectivity index (χ0) is 18.6. The molecule has 2 heterocycles. The standard InChI is InChI=1S/C20H21ClN6/c1-14-7-9-16(10-8-14)22-18-24-19(23-17-6-4-5-15(21)13-17)26-20(25-18)27-11-2-3-12-27/h4-10,13H,2-3,11-12H2,1H3,(H2,22,23,24,25,26). The Bertz CT molecular complexity index is 922. The summed E-state index contributed by atoms with van der Waals surface area (Å²) in [6, 6.07) is 15.6. The monoisotopic (exact) mass is 380 g/mol. The Labute approximate surface area is 163 Å². The van der Waals surface area contributed by atoms with Gasteiger partial charge in [-0.25, -0.2) is 0 Å². The van der Waals surface area contributed by atoms with Crippen molar-refractivity contribution in [2.24, 2.45) is 0 Å². The second-order valence-corrected chi connectivity index (χ2v) is 7.04. The largest absolute Gasteiger partial charge is 0.341 e. The summed E-state index contributed by atoms with van der Waals surface area (Å²) in [5.41, 5.74) is 2.98. The van der Waals surface area contributed by atoms with Crippen molar-refractivity contribution in [3.63, 3.8) is 0 Å². The molecule has 0 radical (unpaired) electrons. The van der Waals surface area contributed by atoms with Gasteiger partial charge < -0.3 is 15.5 Å². The van der Waals surface area contributed by atoms with Gasteiger partial charge in [0, 0.05) is 29.5 Å². The normalized spacial score (nSPS) is 13.6. The summed E-state index contributed by atoms with van der Waals surface area (Å²) in [6.07, 6.45) is 2.31. The molecule has 3 aromatic rings. The van der Waals surface area contributed by atoms with Crippen LogP contribution in [0.5, 0.6) is 0 Å². The number of rotatable bonds is 5. The molecular weight excluding hydrogens is 360 g/mol. The highest BCUT2D eigenvalue weighted by molar-refractivity contribution is 6.30. The van der Waals surface area contributed by atoms with Gasteiger partial charge >= 0.3 is 0 Å². The first-order valence-electron chi connectivity index (χ1n) is 9.03. The van der Waals surface area contributed by atoms with Crippen LogP contribution in [0, 0.1) is 6.92 Å². The van der Waals surface area contributed by atoms with Gasteiger partial charge in [0.1, 0.15) is 0 Å². The lowest BCUT2D eigenvalue weighted by Gasteiger charge is -2.17. The van der Waals surface area contributed by atoms with E-state index in [1.165, 1.54) is 5.56 Å². The molecule has 7 heteroatoms. The summed E-state index contributed by atoms with van der Waals surface area (Å²) in [7, 11) is 0. The topological polar surface area (TPSA) is 66.0 Å². The molecule has 0 unspecified atom stereocenters. The van der Waals surface area contributed by atoms with Crippen LogP contribution in [0.4, 0.5) is 29.2 Å². The number of aryl methyl sites for hydroxylation is 1. The van der Waals surface area contributed by atoms with Crippen molar-refractivity contribution in [3.05, 3.63) is 59.1 Å². The number of anilines is 5. The van der Waals surface area contributed by atoms with Crippen LogP contribution < -0.4 is 15.5 Å². The molecule has 1 aliphatic rings. The average Bonchev–Trinajstić information content (AvgIpc) is 3.18. The Hall–Kier alpha value is -2.86. The molecule has 1 fully saturated rings. The third kappa shape index (κ3) is 4.46. The molecule has 1 aliphatic heterocycles. The van der Waals surface area contributed by atoms with Gasteiger partial charge in [0.15, 0.2) is 0 Å². The minimum Gasteiger partial charge on any atom is -0.341 e. The summed E-state index contributed by atoms with van der Waals surface area (Å²) >= 11 is 6.08. The van der Waals surface area contributed by atoms with Gasteiger partial charge in [0.25, 0.3) is 0 Å². The molecule has 0 amide bonds. The number of hydrogen-bond donors (Lipinski definition) is 2. The van der Waals surface area contributed by atoms with E-state index in [0.717, 1.165) is 37.3 Å². The smallest absolute Gasteiger partial charge is 0.233 e. The zero-order valence-corrected chi connectivity index (χ0v) is 15.9. The Kier molecular flexibility index (Phi) is 5.07. The van der Waals surface area contributed by atoms with Crippen molar-refractivity contribution in [3.8, 4) is 0 Å². The van der Waals surface area contributed by atoms with E-state index in [9.17, 15) is 0 Å². The Balaban J connectivity index is 1.64. The summed E-state index contributed by atoms with van der Waals surface area (Å²) in [6.45, 7) is 3.99. The molecule has 0 bridgehead atoms. The lowest BCUT2D eigenvalue weighted by atomic mass is 10.2. The average molecular weight is 381 g/mol. The fourth-order valence-corrected chi connectivity index (χ4v) is 3.19. The van der Waals surface area contributed by atoms with Crippen LogP contribution in [0.3, 0.4) is 0 Å². The second kappa shape index (κ2) is 7.80. The fourth-order valence-electron chi connectivity index (χ4n) is 3.00. The van der Waals surface area contributed by atoms with E-state index in [2.05, 4.69) is 49.5 Å². The minimum atomic E-state index is 0.490.